The molecule has 0 aliphatic carbocycles. The fraction of sp³-hybridized carbons (Fsp3) is 0.533. The van der Waals surface area contributed by atoms with Gasteiger partial charge in [-0.05, 0) is 30.5 Å². The van der Waals surface area contributed by atoms with Gasteiger partial charge in [-0.1, -0.05) is 19.9 Å². The molecule has 1 fully saturated rings. The number of hydrogen-bond donors (Lipinski definition) is 1. The summed E-state index contributed by atoms with van der Waals surface area (Å²) >= 11 is 0. The zero-order chi connectivity index (χ0) is 15.5. The second-order valence-corrected chi connectivity index (χ2v) is 8.03. The summed E-state index contributed by atoms with van der Waals surface area (Å²) in [5, 5.41) is 2.77. The number of rotatable bonds is 5. The number of sulfone groups is 1. The van der Waals surface area contributed by atoms with Crippen molar-refractivity contribution in [2.45, 2.75) is 26.3 Å². The van der Waals surface area contributed by atoms with Gasteiger partial charge < -0.3 is 10.1 Å². The van der Waals surface area contributed by atoms with Crippen molar-refractivity contribution in [2.24, 2.45) is 5.92 Å². The smallest absolute Gasteiger partial charge is 0.251 e. The molecule has 6 heteroatoms. The van der Waals surface area contributed by atoms with Crippen LogP contribution in [0, 0.1) is 5.92 Å². The predicted octanol–water partition coefficient (Wildman–Crippen LogP) is 1.64. The lowest BCUT2D eigenvalue weighted by molar-refractivity contribution is 0.0940. The summed E-state index contributed by atoms with van der Waals surface area (Å²) < 4.78 is 28.4. The molecular weight excluding hydrogens is 290 g/mol. The van der Waals surface area contributed by atoms with E-state index in [1.165, 1.54) is 0 Å². The van der Waals surface area contributed by atoms with E-state index in [1.807, 2.05) is 0 Å². The highest BCUT2D eigenvalue weighted by molar-refractivity contribution is 7.91. The van der Waals surface area contributed by atoms with Crippen LogP contribution in [0.1, 0.15) is 30.6 Å². The van der Waals surface area contributed by atoms with Crippen LogP contribution in [-0.2, 0) is 9.84 Å². The molecule has 5 nitrogen and oxygen atoms in total. The van der Waals surface area contributed by atoms with Crippen LogP contribution in [-0.4, -0.2) is 38.5 Å². The highest BCUT2D eigenvalue weighted by Gasteiger charge is 2.29. The summed E-state index contributed by atoms with van der Waals surface area (Å²) in [5.41, 5.74) is 0.487. The summed E-state index contributed by atoms with van der Waals surface area (Å²) in [6.45, 7) is 4.69. The first kappa shape index (κ1) is 15.8. The van der Waals surface area contributed by atoms with E-state index >= 15 is 0 Å². The molecule has 1 heterocycles. The number of carbonyl (C=O) groups is 1. The van der Waals surface area contributed by atoms with Crippen molar-refractivity contribution in [1.29, 1.82) is 0 Å². The average molecular weight is 311 g/mol. The Morgan fingerprint density at radius 3 is 2.81 bits per heavy atom. The van der Waals surface area contributed by atoms with Crippen molar-refractivity contribution < 1.29 is 17.9 Å². The van der Waals surface area contributed by atoms with E-state index in [0.717, 1.165) is 0 Å². The Morgan fingerprint density at radius 2 is 2.19 bits per heavy atom. The van der Waals surface area contributed by atoms with E-state index < -0.39 is 9.84 Å². The van der Waals surface area contributed by atoms with Crippen LogP contribution in [0.4, 0.5) is 0 Å². The second kappa shape index (κ2) is 6.47. The first-order valence-electron chi connectivity index (χ1n) is 7.10. The lowest BCUT2D eigenvalue weighted by Crippen LogP contribution is -2.35. The van der Waals surface area contributed by atoms with Gasteiger partial charge in [-0.15, -0.1) is 0 Å². The van der Waals surface area contributed by atoms with Crippen LogP contribution < -0.4 is 10.1 Å². The molecule has 2 rings (SSSR count). The van der Waals surface area contributed by atoms with Gasteiger partial charge in [-0.2, -0.15) is 0 Å². The Labute approximate surface area is 125 Å². The SMILES string of the molecule is CC(C)COc1cccc(C(=O)N[C@H]2CCS(=O)(=O)C2)c1. The van der Waals surface area contributed by atoms with Crippen molar-refractivity contribution in [1.82, 2.24) is 5.32 Å². The Kier molecular flexibility index (Phi) is 4.88. The molecule has 0 bridgehead atoms. The largest absolute Gasteiger partial charge is 0.493 e. The molecule has 1 saturated heterocycles. The maximum atomic E-state index is 12.1. The fourth-order valence-electron chi connectivity index (χ4n) is 2.17. The standard InChI is InChI=1S/C15H21NO4S/c1-11(2)9-20-14-5-3-4-12(8-14)15(17)16-13-6-7-21(18,19)10-13/h3-5,8,11,13H,6-7,9-10H2,1-2H3,(H,16,17)/t13-/m0/s1. The number of ether oxygens (including phenoxy) is 1. The number of amides is 1. The van der Waals surface area contributed by atoms with Crippen LogP contribution in [0.5, 0.6) is 5.75 Å². The molecule has 1 aromatic carbocycles. The third-order valence-electron chi connectivity index (χ3n) is 3.25. The van der Waals surface area contributed by atoms with E-state index in [2.05, 4.69) is 19.2 Å². The molecule has 1 amide bonds. The van der Waals surface area contributed by atoms with Crippen molar-refractivity contribution in [2.75, 3.05) is 18.1 Å². The van der Waals surface area contributed by atoms with E-state index in [-0.39, 0.29) is 23.5 Å². The zero-order valence-corrected chi connectivity index (χ0v) is 13.2. The maximum absolute atomic E-state index is 12.1. The first-order chi connectivity index (χ1) is 9.85. The Balaban J connectivity index is 1.98. The van der Waals surface area contributed by atoms with Gasteiger partial charge >= 0.3 is 0 Å². The second-order valence-electron chi connectivity index (χ2n) is 5.81. The molecule has 116 valence electrons. The highest BCUT2D eigenvalue weighted by atomic mass is 32.2. The number of benzene rings is 1. The summed E-state index contributed by atoms with van der Waals surface area (Å²) in [6, 6.07) is 6.65. The average Bonchev–Trinajstić information content (AvgIpc) is 2.76. The topological polar surface area (TPSA) is 72.5 Å². The Hall–Kier alpha value is -1.56. The van der Waals surface area contributed by atoms with Crippen LogP contribution in [0.15, 0.2) is 24.3 Å². The van der Waals surface area contributed by atoms with Gasteiger partial charge in [0.15, 0.2) is 9.84 Å². The summed E-state index contributed by atoms with van der Waals surface area (Å²) in [5.74, 6) is 0.978. The number of hydrogen-bond acceptors (Lipinski definition) is 4. The highest BCUT2D eigenvalue weighted by Crippen LogP contribution is 2.16. The molecule has 0 unspecified atom stereocenters. The molecule has 21 heavy (non-hydrogen) atoms. The third-order valence-corrected chi connectivity index (χ3v) is 5.02. The van der Waals surface area contributed by atoms with Crippen molar-refractivity contribution in [3.8, 4) is 5.75 Å². The molecule has 0 spiro atoms. The van der Waals surface area contributed by atoms with Gasteiger partial charge in [-0.25, -0.2) is 8.42 Å². The van der Waals surface area contributed by atoms with E-state index in [4.69, 9.17) is 4.74 Å². The Bertz CT molecular complexity index is 610. The van der Waals surface area contributed by atoms with Crippen LogP contribution in [0.25, 0.3) is 0 Å². The minimum Gasteiger partial charge on any atom is -0.493 e. The van der Waals surface area contributed by atoms with Crippen LogP contribution in [0.3, 0.4) is 0 Å². The summed E-state index contributed by atoms with van der Waals surface area (Å²) in [7, 11) is -2.99. The van der Waals surface area contributed by atoms with Crippen LogP contribution in [0.2, 0.25) is 0 Å². The maximum Gasteiger partial charge on any atom is 0.251 e. The lowest BCUT2D eigenvalue weighted by atomic mass is 10.1. The minimum atomic E-state index is -2.99. The molecule has 0 radical (unpaired) electrons. The van der Waals surface area contributed by atoms with Gasteiger partial charge in [0.25, 0.3) is 5.91 Å². The molecule has 1 aliphatic rings. The quantitative estimate of drug-likeness (QED) is 0.897. The number of carbonyl (C=O) groups excluding carboxylic acids is 1. The fourth-order valence-corrected chi connectivity index (χ4v) is 3.84. The molecule has 1 N–H and O–H groups in total. The zero-order valence-electron chi connectivity index (χ0n) is 12.3. The van der Waals surface area contributed by atoms with Gasteiger partial charge in [-0.3, -0.25) is 4.79 Å². The summed E-state index contributed by atoms with van der Waals surface area (Å²) in [6.07, 6.45) is 0.484. The number of nitrogens with one attached hydrogen (secondary N) is 1. The van der Waals surface area contributed by atoms with Crippen molar-refractivity contribution in [3.63, 3.8) is 0 Å². The van der Waals surface area contributed by atoms with E-state index in [0.29, 0.717) is 30.3 Å². The monoisotopic (exact) mass is 311 g/mol. The molecular formula is C15H21NO4S. The molecule has 1 aliphatic heterocycles. The van der Waals surface area contributed by atoms with Gasteiger partial charge in [0.1, 0.15) is 5.75 Å². The van der Waals surface area contributed by atoms with Crippen LogP contribution >= 0.6 is 0 Å². The Morgan fingerprint density at radius 1 is 1.43 bits per heavy atom. The first-order valence-corrected chi connectivity index (χ1v) is 8.92. The molecule has 0 aromatic heterocycles. The van der Waals surface area contributed by atoms with Crippen molar-refractivity contribution in [3.05, 3.63) is 29.8 Å². The van der Waals surface area contributed by atoms with E-state index in [9.17, 15) is 13.2 Å². The molecule has 0 saturated carbocycles. The normalized spacial score (nSPS) is 20.4. The van der Waals surface area contributed by atoms with Gasteiger partial charge in [0, 0.05) is 11.6 Å². The minimum absolute atomic E-state index is 0.0300. The summed E-state index contributed by atoms with van der Waals surface area (Å²) in [4.78, 5) is 12.1. The van der Waals surface area contributed by atoms with Gasteiger partial charge in [0.2, 0.25) is 0 Å². The predicted molar refractivity (Wildman–Crippen MR) is 81.3 cm³/mol. The molecule has 1 aromatic rings. The van der Waals surface area contributed by atoms with E-state index in [1.54, 1.807) is 24.3 Å². The third kappa shape index (κ3) is 4.74. The lowest BCUT2D eigenvalue weighted by Gasteiger charge is -2.12. The molecule has 1 atom stereocenters. The van der Waals surface area contributed by atoms with Gasteiger partial charge in [0.05, 0.1) is 18.1 Å². The van der Waals surface area contributed by atoms with Crippen molar-refractivity contribution >= 4 is 15.7 Å².